The summed E-state index contributed by atoms with van der Waals surface area (Å²) >= 11 is 6.17. The van der Waals surface area contributed by atoms with E-state index in [0.717, 1.165) is 16.7 Å². The molecule has 200 valence electrons. The minimum atomic E-state index is -0.614. The third-order valence-electron chi connectivity index (χ3n) is 5.83. The first-order chi connectivity index (χ1) is 18.0. The maximum atomic E-state index is 13.1. The summed E-state index contributed by atoms with van der Waals surface area (Å²) in [7, 11) is 0. The molecule has 3 rings (SSSR count). The number of nitriles is 1. The molecule has 38 heavy (non-hydrogen) atoms. The average molecular weight is 538 g/mol. The Bertz CT molecular complexity index is 1410. The molecule has 0 aliphatic carbocycles. The average Bonchev–Trinajstić information content (AvgIpc) is 3.30. The highest BCUT2D eigenvalue weighted by atomic mass is 35.5. The second-order valence-corrected chi connectivity index (χ2v) is 10.3. The summed E-state index contributed by atoms with van der Waals surface area (Å²) in [5, 5.41) is 15.2. The van der Waals surface area contributed by atoms with Crippen LogP contribution in [0.3, 0.4) is 0 Å². The zero-order valence-corrected chi connectivity index (χ0v) is 22.8. The van der Waals surface area contributed by atoms with Gasteiger partial charge in [-0.3, -0.25) is 9.59 Å². The number of alkyl carbamates (subject to hydrolysis) is 1. The topological polar surface area (TPSA) is 118 Å². The van der Waals surface area contributed by atoms with Crippen LogP contribution in [0.25, 0.3) is 0 Å². The number of benzene rings is 1. The predicted molar refractivity (Wildman–Crippen MR) is 145 cm³/mol. The van der Waals surface area contributed by atoms with E-state index in [9.17, 15) is 19.6 Å². The molecular formula is C28H32ClN5O4. The number of halogens is 1. The highest BCUT2D eigenvalue weighted by Gasteiger charge is 2.17. The van der Waals surface area contributed by atoms with Crippen LogP contribution < -0.4 is 16.2 Å². The molecule has 2 aromatic heterocycles. The molecule has 0 radical (unpaired) electrons. The monoisotopic (exact) mass is 537 g/mol. The maximum Gasteiger partial charge on any atom is 0.407 e. The van der Waals surface area contributed by atoms with Crippen LogP contribution >= 0.6 is 11.6 Å². The van der Waals surface area contributed by atoms with E-state index in [0.29, 0.717) is 29.4 Å². The largest absolute Gasteiger partial charge is 0.444 e. The first kappa shape index (κ1) is 28.5. The molecule has 2 amide bonds. The van der Waals surface area contributed by atoms with Crippen LogP contribution in [0.4, 0.5) is 4.79 Å². The molecule has 2 heterocycles. The number of amides is 2. The zero-order chi connectivity index (χ0) is 27.9. The molecule has 10 heteroatoms. The lowest BCUT2D eigenvalue weighted by atomic mass is 10.1. The van der Waals surface area contributed by atoms with Gasteiger partial charge in [0.15, 0.2) is 0 Å². The molecular weight excluding hydrogens is 506 g/mol. The van der Waals surface area contributed by atoms with Gasteiger partial charge in [-0.1, -0.05) is 17.7 Å². The molecule has 0 spiro atoms. The Balaban J connectivity index is 1.64. The van der Waals surface area contributed by atoms with E-state index in [-0.39, 0.29) is 31.0 Å². The fourth-order valence-corrected chi connectivity index (χ4v) is 4.05. The number of aryl methyl sites for hydroxylation is 3. The van der Waals surface area contributed by atoms with Gasteiger partial charge in [-0.2, -0.15) is 5.26 Å². The van der Waals surface area contributed by atoms with Crippen LogP contribution in [0.2, 0.25) is 5.02 Å². The number of pyridine rings is 1. The Morgan fingerprint density at radius 1 is 1.03 bits per heavy atom. The minimum Gasteiger partial charge on any atom is -0.444 e. The van der Waals surface area contributed by atoms with E-state index in [1.807, 2.05) is 6.07 Å². The molecule has 1 aromatic carbocycles. The quantitative estimate of drug-likeness (QED) is 0.426. The Morgan fingerprint density at radius 2 is 1.74 bits per heavy atom. The third-order valence-corrected chi connectivity index (χ3v) is 6.06. The van der Waals surface area contributed by atoms with E-state index in [1.54, 1.807) is 79.6 Å². The van der Waals surface area contributed by atoms with Crippen molar-refractivity contribution in [2.45, 2.75) is 65.9 Å². The Labute approximate surface area is 227 Å². The third kappa shape index (κ3) is 7.98. The van der Waals surface area contributed by atoms with Crippen LogP contribution in [0, 0.1) is 18.3 Å². The fourth-order valence-electron chi connectivity index (χ4n) is 3.86. The molecule has 0 aliphatic rings. The second kappa shape index (κ2) is 12.5. The van der Waals surface area contributed by atoms with Gasteiger partial charge in [-0.15, -0.1) is 0 Å². The highest BCUT2D eigenvalue weighted by Crippen LogP contribution is 2.17. The number of hydrogen-bond acceptors (Lipinski definition) is 5. The van der Waals surface area contributed by atoms with Crippen molar-refractivity contribution in [2.24, 2.45) is 0 Å². The summed E-state index contributed by atoms with van der Waals surface area (Å²) in [4.78, 5) is 38.0. The van der Waals surface area contributed by atoms with Crippen LogP contribution in [0.1, 0.15) is 48.7 Å². The van der Waals surface area contributed by atoms with Crippen LogP contribution in [-0.4, -0.2) is 26.7 Å². The van der Waals surface area contributed by atoms with Crippen LogP contribution in [0.5, 0.6) is 0 Å². The Hall–Kier alpha value is -4.03. The summed E-state index contributed by atoms with van der Waals surface area (Å²) in [6.07, 6.45) is 2.87. The first-order valence-electron chi connectivity index (χ1n) is 12.2. The van der Waals surface area contributed by atoms with E-state index < -0.39 is 11.7 Å². The van der Waals surface area contributed by atoms with Gasteiger partial charge in [0.2, 0.25) is 5.91 Å². The maximum absolute atomic E-state index is 13.1. The fraction of sp³-hybridized carbons (Fsp3) is 0.357. The van der Waals surface area contributed by atoms with E-state index in [2.05, 4.69) is 16.7 Å². The van der Waals surface area contributed by atoms with Crippen molar-refractivity contribution in [3.8, 4) is 6.07 Å². The van der Waals surface area contributed by atoms with E-state index >= 15 is 0 Å². The molecule has 0 bridgehead atoms. The number of ether oxygens (including phenoxy) is 1. The summed E-state index contributed by atoms with van der Waals surface area (Å²) < 4.78 is 8.60. The van der Waals surface area contributed by atoms with Gasteiger partial charge in [-0.05, 0) is 74.7 Å². The van der Waals surface area contributed by atoms with Gasteiger partial charge in [0, 0.05) is 49.2 Å². The van der Waals surface area contributed by atoms with Gasteiger partial charge in [0.05, 0.1) is 6.42 Å². The molecule has 0 fully saturated rings. The molecule has 0 unspecified atom stereocenters. The van der Waals surface area contributed by atoms with E-state index in [1.165, 1.54) is 0 Å². The summed E-state index contributed by atoms with van der Waals surface area (Å²) in [5.74, 6) is -0.314. The van der Waals surface area contributed by atoms with Gasteiger partial charge in [-0.25, -0.2) is 4.79 Å². The van der Waals surface area contributed by atoms with Crippen molar-refractivity contribution in [3.05, 3.63) is 92.1 Å². The lowest BCUT2D eigenvalue weighted by Gasteiger charge is -2.20. The first-order valence-corrected chi connectivity index (χ1v) is 12.6. The lowest BCUT2D eigenvalue weighted by Crippen LogP contribution is -2.33. The van der Waals surface area contributed by atoms with Gasteiger partial charge < -0.3 is 24.5 Å². The molecule has 0 atom stereocenters. The predicted octanol–water partition coefficient (Wildman–Crippen LogP) is 4.07. The van der Waals surface area contributed by atoms with Crippen molar-refractivity contribution in [3.63, 3.8) is 0 Å². The van der Waals surface area contributed by atoms with Gasteiger partial charge in [0.25, 0.3) is 5.56 Å². The number of aromatic nitrogens is 2. The van der Waals surface area contributed by atoms with E-state index in [4.69, 9.17) is 16.3 Å². The minimum absolute atomic E-state index is 0.0788. The molecule has 0 saturated heterocycles. The zero-order valence-electron chi connectivity index (χ0n) is 22.0. The summed E-state index contributed by atoms with van der Waals surface area (Å²) in [6, 6.07) is 12.6. The van der Waals surface area contributed by atoms with Crippen molar-refractivity contribution < 1.29 is 14.3 Å². The number of nitrogens with zero attached hydrogens (tertiary/aromatic N) is 3. The summed E-state index contributed by atoms with van der Waals surface area (Å²) in [5.41, 5.74) is 2.32. The van der Waals surface area contributed by atoms with Crippen molar-refractivity contribution in [2.75, 3.05) is 0 Å². The smallest absolute Gasteiger partial charge is 0.407 e. The highest BCUT2D eigenvalue weighted by molar-refractivity contribution is 6.30. The Morgan fingerprint density at radius 3 is 2.45 bits per heavy atom. The summed E-state index contributed by atoms with van der Waals surface area (Å²) in [6.45, 7) is 8.35. The number of carbonyl (C=O) groups is 2. The SMILES string of the molecule is Cc1ccn(CCn2cccc2C#N)c(=O)c1CC(=O)NCc1cc(Cl)ccc1CNC(=O)OC(C)(C)C. The van der Waals surface area contributed by atoms with Crippen molar-refractivity contribution in [1.82, 2.24) is 19.8 Å². The van der Waals surface area contributed by atoms with Crippen LogP contribution in [-0.2, 0) is 42.1 Å². The number of hydrogen-bond donors (Lipinski definition) is 2. The molecule has 2 N–H and O–H groups in total. The number of nitrogens with one attached hydrogen (secondary N) is 2. The standard InChI is InChI=1S/C28H32ClN5O4/c1-19-9-11-34(13-12-33-10-5-6-23(33)16-30)26(36)24(19)15-25(35)31-18-21-14-22(29)8-7-20(21)17-32-27(37)38-28(2,3)4/h5-11,14H,12-13,15,17-18H2,1-4H3,(H,31,35)(H,32,37). The normalized spacial score (nSPS) is 11.1. The van der Waals surface area contributed by atoms with Gasteiger partial charge in [0.1, 0.15) is 17.4 Å². The molecule has 0 aliphatic heterocycles. The lowest BCUT2D eigenvalue weighted by molar-refractivity contribution is -0.120. The number of rotatable bonds is 9. The van der Waals surface area contributed by atoms with Gasteiger partial charge >= 0.3 is 6.09 Å². The second-order valence-electron chi connectivity index (χ2n) is 9.90. The molecule has 9 nitrogen and oxygen atoms in total. The Kier molecular flexibility index (Phi) is 9.37. The number of carbonyl (C=O) groups excluding carboxylic acids is 2. The van der Waals surface area contributed by atoms with Crippen LogP contribution in [0.15, 0.2) is 53.6 Å². The van der Waals surface area contributed by atoms with Crippen molar-refractivity contribution >= 4 is 23.6 Å². The molecule has 3 aromatic rings. The van der Waals surface area contributed by atoms with Crippen molar-refractivity contribution in [1.29, 1.82) is 5.26 Å². The molecule has 0 saturated carbocycles.